The van der Waals surface area contributed by atoms with Gasteiger partial charge in [-0.3, -0.25) is 0 Å². The van der Waals surface area contributed by atoms with Crippen molar-refractivity contribution in [2.24, 2.45) is 11.8 Å². The Kier molecular flexibility index (Phi) is 7.82. The molecule has 1 N–H and O–H groups in total. The van der Waals surface area contributed by atoms with E-state index in [0.29, 0.717) is 0 Å². The summed E-state index contributed by atoms with van der Waals surface area (Å²) in [7, 11) is 3.92. The lowest BCUT2D eigenvalue weighted by Gasteiger charge is -2.27. The van der Waals surface area contributed by atoms with Crippen molar-refractivity contribution < 1.29 is 4.74 Å². The highest BCUT2D eigenvalue weighted by atomic mass is 16.5. The summed E-state index contributed by atoms with van der Waals surface area (Å²) in [6.45, 7) is 7.68. The number of likely N-dealkylation sites (N-methyl/N-ethyl adjacent to an activating group) is 1. The molecule has 2 atom stereocenters. The van der Waals surface area contributed by atoms with E-state index in [1.54, 1.807) is 7.11 Å². The summed E-state index contributed by atoms with van der Waals surface area (Å²) in [5.41, 5.74) is 0. The highest BCUT2D eigenvalue weighted by molar-refractivity contribution is 4.72. The largest absolute Gasteiger partial charge is 0.383 e. The number of hydrogen-bond donors (Lipinski definition) is 1. The molecule has 1 rings (SSSR count). The van der Waals surface area contributed by atoms with E-state index in [-0.39, 0.29) is 0 Å². The molecule has 0 amide bonds. The number of methoxy groups -OCH3 is 1. The van der Waals surface area contributed by atoms with E-state index in [0.717, 1.165) is 38.1 Å². The van der Waals surface area contributed by atoms with E-state index in [4.69, 9.17) is 4.74 Å². The lowest BCUT2D eigenvalue weighted by molar-refractivity contribution is 0.161. The molecule has 0 aromatic rings. The molecule has 3 nitrogen and oxygen atoms in total. The molecule has 1 aliphatic carbocycles. The smallest absolute Gasteiger partial charge is 0.0589 e. The van der Waals surface area contributed by atoms with Crippen LogP contribution in [0.5, 0.6) is 0 Å². The highest BCUT2D eigenvalue weighted by Crippen LogP contribution is 2.27. The second-order valence-electron chi connectivity index (χ2n) is 5.64. The quantitative estimate of drug-likeness (QED) is 0.659. The van der Waals surface area contributed by atoms with Gasteiger partial charge in [0.25, 0.3) is 0 Å². The molecule has 0 heterocycles. The van der Waals surface area contributed by atoms with Gasteiger partial charge in [0, 0.05) is 26.7 Å². The SMILES string of the molecule is COCCN(C)CCNCC1CCCC(C)C1. The minimum Gasteiger partial charge on any atom is -0.383 e. The van der Waals surface area contributed by atoms with Gasteiger partial charge in [-0.05, 0) is 38.3 Å². The molecule has 2 unspecified atom stereocenters. The van der Waals surface area contributed by atoms with Crippen LogP contribution < -0.4 is 5.32 Å². The van der Waals surface area contributed by atoms with E-state index < -0.39 is 0 Å². The minimum atomic E-state index is 0.830. The van der Waals surface area contributed by atoms with Crippen LogP contribution in [0.15, 0.2) is 0 Å². The Morgan fingerprint density at radius 2 is 2.12 bits per heavy atom. The molecule has 102 valence electrons. The fraction of sp³-hybridized carbons (Fsp3) is 1.00. The lowest BCUT2D eigenvalue weighted by atomic mass is 9.82. The number of rotatable bonds is 8. The standard InChI is InChI=1S/C14H30N2O/c1-13-5-4-6-14(11-13)12-15-7-8-16(2)9-10-17-3/h13-15H,4-12H2,1-3H3. The van der Waals surface area contributed by atoms with Crippen molar-refractivity contribution in [2.45, 2.75) is 32.6 Å². The first-order valence-electron chi connectivity index (χ1n) is 7.10. The van der Waals surface area contributed by atoms with E-state index in [9.17, 15) is 0 Å². The third kappa shape index (κ3) is 7.02. The first kappa shape index (κ1) is 14.9. The fourth-order valence-electron chi connectivity index (χ4n) is 2.68. The fourth-order valence-corrected chi connectivity index (χ4v) is 2.68. The van der Waals surface area contributed by atoms with Crippen LogP contribution in [0.2, 0.25) is 0 Å². The highest BCUT2D eigenvalue weighted by Gasteiger charge is 2.17. The normalized spacial score (nSPS) is 25.4. The zero-order valence-electron chi connectivity index (χ0n) is 11.9. The van der Waals surface area contributed by atoms with Crippen molar-refractivity contribution in [3.63, 3.8) is 0 Å². The van der Waals surface area contributed by atoms with Gasteiger partial charge in [0.2, 0.25) is 0 Å². The molecule has 0 saturated heterocycles. The summed E-state index contributed by atoms with van der Waals surface area (Å²) in [6.07, 6.45) is 5.72. The molecular weight excluding hydrogens is 212 g/mol. The maximum absolute atomic E-state index is 5.06. The van der Waals surface area contributed by atoms with E-state index >= 15 is 0 Å². The summed E-state index contributed by atoms with van der Waals surface area (Å²) in [5, 5.41) is 3.60. The van der Waals surface area contributed by atoms with Crippen LogP contribution in [0.1, 0.15) is 32.6 Å². The maximum atomic E-state index is 5.06. The second kappa shape index (κ2) is 8.90. The molecule has 0 aromatic carbocycles. The van der Waals surface area contributed by atoms with Crippen molar-refractivity contribution in [2.75, 3.05) is 46.9 Å². The van der Waals surface area contributed by atoms with Crippen LogP contribution in [0, 0.1) is 11.8 Å². The van der Waals surface area contributed by atoms with E-state index in [1.165, 1.54) is 32.2 Å². The Labute approximate surface area is 107 Å². The number of hydrogen-bond acceptors (Lipinski definition) is 3. The topological polar surface area (TPSA) is 24.5 Å². The summed E-state index contributed by atoms with van der Waals surface area (Å²) < 4.78 is 5.06. The maximum Gasteiger partial charge on any atom is 0.0589 e. The molecule has 1 aliphatic rings. The first-order chi connectivity index (χ1) is 8.22. The third-order valence-corrected chi connectivity index (χ3v) is 3.83. The molecule has 0 bridgehead atoms. The third-order valence-electron chi connectivity index (χ3n) is 3.83. The molecule has 1 fully saturated rings. The zero-order chi connectivity index (χ0) is 12.5. The Balaban J connectivity index is 1.96. The van der Waals surface area contributed by atoms with Crippen molar-refractivity contribution in [3.05, 3.63) is 0 Å². The monoisotopic (exact) mass is 242 g/mol. The van der Waals surface area contributed by atoms with Gasteiger partial charge in [-0.1, -0.05) is 19.8 Å². The Hall–Kier alpha value is -0.120. The molecule has 0 aromatic heterocycles. The summed E-state index contributed by atoms with van der Waals surface area (Å²) in [4.78, 5) is 2.32. The van der Waals surface area contributed by atoms with Gasteiger partial charge in [0.1, 0.15) is 0 Å². The summed E-state index contributed by atoms with van der Waals surface area (Å²) >= 11 is 0. The van der Waals surface area contributed by atoms with Crippen molar-refractivity contribution in [1.82, 2.24) is 10.2 Å². The van der Waals surface area contributed by atoms with Crippen LogP contribution in [-0.2, 0) is 4.74 Å². The summed E-state index contributed by atoms with van der Waals surface area (Å²) in [5.74, 6) is 1.86. The van der Waals surface area contributed by atoms with Gasteiger partial charge in [-0.15, -0.1) is 0 Å². The average Bonchev–Trinajstić information content (AvgIpc) is 2.32. The second-order valence-corrected chi connectivity index (χ2v) is 5.64. The predicted molar refractivity (Wildman–Crippen MR) is 73.4 cm³/mol. The molecule has 0 spiro atoms. The van der Waals surface area contributed by atoms with Gasteiger partial charge < -0.3 is 15.0 Å². The van der Waals surface area contributed by atoms with Gasteiger partial charge in [0.05, 0.1) is 6.61 Å². The number of nitrogens with one attached hydrogen (secondary N) is 1. The van der Waals surface area contributed by atoms with E-state index in [2.05, 4.69) is 24.2 Å². The van der Waals surface area contributed by atoms with Gasteiger partial charge in [0.15, 0.2) is 0 Å². The predicted octanol–water partition coefficient (Wildman–Crippen LogP) is 1.98. The number of nitrogens with zero attached hydrogens (tertiary/aromatic N) is 1. The van der Waals surface area contributed by atoms with Crippen LogP contribution in [0.4, 0.5) is 0 Å². The van der Waals surface area contributed by atoms with Crippen LogP contribution >= 0.6 is 0 Å². The lowest BCUT2D eigenvalue weighted by Crippen LogP contribution is -2.34. The Morgan fingerprint density at radius 3 is 2.82 bits per heavy atom. The Morgan fingerprint density at radius 1 is 1.29 bits per heavy atom. The first-order valence-corrected chi connectivity index (χ1v) is 7.10. The molecule has 0 radical (unpaired) electrons. The van der Waals surface area contributed by atoms with Gasteiger partial charge >= 0.3 is 0 Å². The van der Waals surface area contributed by atoms with Crippen LogP contribution in [-0.4, -0.2) is 51.8 Å². The van der Waals surface area contributed by atoms with Crippen LogP contribution in [0.3, 0.4) is 0 Å². The molecular formula is C14H30N2O. The van der Waals surface area contributed by atoms with Crippen molar-refractivity contribution in [1.29, 1.82) is 0 Å². The van der Waals surface area contributed by atoms with Crippen LogP contribution in [0.25, 0.3) is 0 Å². The average molecular weight is 242 g/mol. The zero-order valence-corrected chi connectivity index (χ0v) is 11.9. The van der Waals surface area contributed by atoms with Gasteiger partial charge in [-0.25, -0.2) is 0 Å². The van der Waals surface area contributed by atoms with Crippen molar-refractivity contribution >= 4 is 0 Å². The van der Waals surface area contributed by atoms with Gasteiger partial charge in [-0.2, -0.15) is 0 Å². The summed E-state index contributed by atoms with van der Waals surface area (Å²) in [6, 6.07) is 0. The minimum absolute atomic E-state index is 0.830. The van der Waals surface area contributed by atoms with Crippen molar-refractivity contribution in [3.8, 4) is 0 Å². The molecule has 17 heavy (non-hydrogen) atoms. The molecule has 3 heteroatoms. The Bertz CT molecular complexity index is 187. The molecule has 1 saturated carbocycles. The number of ether oxygens (including phenoxy) is 1. The van der Waals surface area contributed by atoms with E-state index in [1.807, 2.05) is 0 Å². The molecule has 0 aliphatic heterocycles.